The lowest BCUT2D eigenvalue weighted by atomic mass is 10.00. The third kappa shape index (κ3) is 5.89. The Bertz CT molecular complexity index is 555. The van der Waals surface area contributed by atoms with E-state index in [0.717, 1.165) is 34.8 Å². The van der Waals surface area contributed by atoms with Crippen molar-refractivity contribution < 1.29 is 0 Å². The number of halogens is 2. The van der Waals surface area contributed by atoms with Crippen LogP contribution < -0.4 is 5.32 Å². The van der Waals surface area contributed by atoms with E-state index in [2.05, 4.69) is 79.4 Å². The molecule has 0 bridgehead atoms. The molecule has 2 nitrogen and oxygen atoms in total. The Hall–Kier alpha value is -0.710. The summed E-state index contributed by atoms with van der Waals surface area (Å²) in [6.07, 6.45) is 6.94. The molecule has 0 spiro atoms. The molecular formula is C17H20Br2N2. The predicted molar refractivity (Wildman–Crippen MR) is 95.6 cm³/mol. The maximum absolute atomic E-state index is 4.26. The van der Waals surface area contributed by atoms with Gasteiger partial charge in [0.2, 0.25) is 0 Å². The standard InChI is InChI=1S/C17H20Br2N2/c1-2-7-21-17(9-13-3-5-15(18)6-4-13)10-14-8-16(19)12-20-11-14/h3-6,8,11-12,17,21H,2,7,9-10H2,1H3. The average molecular weight is 412 g/mol. The lowest BCUT2D eigenvalue weighted by Gasteiger charge is -2.19. The van der Waals surface area contributed by atoms with Gasteiger partial charge in [0.15, 0.2) is 0 Å². The summed E-state index contributed by atoms with van der Waals surface area (Å²) >= 11 is 6.98. The number of aromatic nitrogens is 1. The summed E-state index contributed by atoms with van der Waals surface area (Å²) in [5.74, 6) is 0. The van der Waals surface area contributed by atoms with Crippen LogP contribution in [0.4, 0.5) is 0 Å². The lowest BCUT2D eigenvalue weighted by Crippen LogP contribution is -2.33. The molecule has 0 aliphatic heterocycles. The van der Waals surface area contributed by atoms with Gasteiger partial charge in [-0.2, -0.15) is 0 Å². The Morgan fingerprint density at radius 1 is 1.00 bits per heavy atom. The molecule has 1 heterocycles. The zero-order valence-electron chi connectivity index (χ0n) is 12.2. The predicted octanol–water partition coefficient (Wildman–Crippen LogP) is 4.76. The first-order valence-electron chi connectivity index (χ1n) is 7.24. The van der Waals surface area contributed by atoms with Crippen LogP contribution in [0.5, 0.6) is 0 Å². The largest absolute Gasteiger partial charge is 0.313 e. The van der Waals surface area contributed by atoms with Gasteiger partial charge in [-0.05, 0) is 71.1 Å². The van der Waals surface area contributed by atoms with Crippen LogP contribution in [0.1, 0.15) is 24.5 Å². The Morgan fingerprint density at radius 3 is 2.38 bits per heavy atom. The Balaban J connectivity index is 2.04. The van der Waals surface area contributed by atoms with Crippen LogP contribution in [-0.4, -0.2) is 17.6 Å². The Morgan fingerprint density at radius 2 is 1.71 bits per heavy atom. The summed E-state index contributed by atoms with van der Waals surface area (Å²) < 4.78 is 2.17. The summed E-state index contributed by atoms with van der Waals surface area (Å²) in [5, 5.41) is 3.65. The maximum atomic E-state index is 4.26. The minimum absolute atomic E-state index is 0.433. The van der Waals surface area contributed by atoms with Gasteiger partial charge in [-0.1, -0.05) is 35.0 Å². The zero-order valence-corrected chi connectivity index (χ0v) is 15.3. The van der Waals surface area contributed by atoms with Crippen molar-refractivity contribution >= 4 is 31.9 Å². The van der Waals surface area contributed by atoms with Crippen LogP contribution in [0.15, 0.2) is 51.7 Å². The second kappa shape index (κ2) is 8.66. The van der Waals surface area contributed by atoms with E-state index < -0.39 is 0 Å². The Kier molecular flexibility index (Phi) is 6.87. The SMILES string of the molecule is CCCNC(Cc1ccc(Br)cc1)Cc1cncc(Br)c1. The van der Waals surface area contributed by atoms with Gasteiger partial charge in [0.25, 0.3) is 0 Å². The minimum atomic E-state index is 0.433. The summed E-state index contributed by atoms with van der Waals surface area (Å²) in [5.41, 5.74) is 2.62. The van der Waals surface area contributed by atoms with Crippen molar-refractivity contribution in [3.63, 3.8) is 0 Å². The van der Waals surface area contributed by atoms with Gasteiger partial charge < -0.3 is 5.32 Å². The van der Waals surface area contributed by atoms with Gasteiger partial charge in [0, 0.05) is 27.4 Å². The number of benzene rings is 1. The van der Waals surface area contributed by atoms with E-state index in [1.165, 1.54) is 11.1 Å². The van der Waals surface area contributed by atoms with Crippen molar-refractivity contribution in [1.29, 1.82) is 0 Å². The van der Waals surface area contributed by atoms with Crippen LogP contribution in [0.2, 0.25) is 0 Å². The van der Waals surface area contributed by atoms with Crippen LogP contribution in [0.3, 0.4) is 0 Å². The van der Waals surface area contributed by atoms with E-state index in [0.29, 0.717) is 6.04 Å². The van der Waals surface area contributed by atoms with Crippen molar-refractivity contribution in [3.8, 4) is 0 Å². The van der Waals surface area contributed by atoms with E-state index in [1.54, 1.807) is 0 Å². The molecule has 0 saturated heterocycles. The van der Waals surface area contributed by atoms with Crippen LogP contribution >= 0.6 is 31.9 Å². The van der Waals surface area contributed by atoms with Crippen molar-refractivity contribution in [2.45, 2.75) is 32.2 Å². The molecule has 0 aliphatic rings. The number of pyridine rings is 1. The summed E-state index contributed by atoms with van der Waals surface area (Å²) in [6.45, 7) is 3.24. The fourth-order valence-corrected chi connectivity index (χ4v) is 3.00. The molecule has 0 amide bonds. The highest BCUT2D eigenvalue weighted by atomic mass is 79.9. The second-order valence-corrected chi connectivity index (χ2v) is 7.03. The molecule has 1 unspecified atom stereocenters. The minimum Gasteiger partial charge on any atom is -0.313 e. The van der Waals surface area contributed by atoms with Crippen molar-refractivity contribution in [3.05, 3.63) is 62.8 Å². The molecule has 1 aromatic heterocycles. The zero-order chi connectivity index (χ0) is 15.1. The van der Waals surface area contributed by atoms with E-state index in [-0.39, 0.29) is 0 Å². The monoisotopic (exact) mass is 410 g/mol. The molecule has 1 atom stereocenters. The molecule has 1 aromatic carbocycles. The average Bonchev–Trinajstić information content (AvgIpc) is 2.47. The third-order valence-corrected chi connectivity index (χ3v) is 4.28. The van der Waals surface area contributed by atoms with Crippen molar-refractivity contribution in [1.82, 2.24) is 10.3 Å². The number of rotatable bonds is 7. The fourth-order valence-electron chi connectivity index (χ4n) is 2.32. The number of nitrogens with one attached hydrogen (secondary N) is 1. The molecule has 2 aromatic rings. The van der Waals surface area contributed by atoms with Crippen LogP contribution in [-0.2, 0) is 12.8 Å². The first-order chi connectivity index (χ1) is 10.2. The molecular weight excluding hydrogens is 392 g/mol. The topological polar surface area (TPSA) is 24.9 Å². The van der Waals surface area contributed by atoms with E-state index in [9.17, 15) is 0 Å². The smallest absolute Gasteiger partial charge is 0.0410 e. The summed E-state index contributed by atoms with van der Waals surface area (Å²) in [4.78, 5) is 4.26. The maximum Gasteiger partial charge on any atom is 0.0410 e. The fraction of sp³-hybridized carbons (Fsp3) is 0.353. The van der Waals surface area contributed by atoms with Gasteiger partial charge in [-0.3, -0.25) is 4.98 Å². The van der Waals surface area contributed by atoms with Crippen molar-refractivity contribution in [2.24, 2.45) is 0 Å². The molecule has 112 valence electrons. The number of hydrogen-bond donors (Lipinski definition) is 1. The first-order valence-corrected chi connectivity index (χ1v) is 8.83. The third-order valence-electron chi connectivity index (χ3n) is 3.32. The van der Waals surface area contributed by atoms with Gasteiger partial charge in [-0.15, -0.1) is 0 Å². The highest BCUT2D eigenvalue weighted by Crippen LogP contribution is 2.15. The molecule has 4 heteroatoms. The number of nitrogens with zero attached hydrogens (tertiary/aromatic N) is 1. The van der Waals surface area contributed by atoms with Crippen LogP contribution in [0, 0.1) is 0 Å². The van der Waals surface area contributed by atoms with E-state index >= 15 is 0 Å². The second-order valence-electron chi connectivity index (χ2n) is 5.20. The highest BCUT2D eigenvalue weighted by Gasteiger charge is 2.10. The van der Waals surface area contributed by atoms with E-state index in [4.69, 9.17) is 0 Å². The number of hydrogen-bond acceptors (Lipinski definition) is 2. The Labute approximate surface area is 143 Å². The highest BCUT2D eigenvalue weighted by molar-refractivity contribution is 9.10. The molecule has 21 heavy (non-hydrogen) atoms. The molecule has 0 fully saturated rings. The van der Waals surface area contributed by atoms with Gasteiger partial charge in [0.1, 0.15) is 0 Å². The first kappa shape index (κ1) is 16.7. The molecule has 0 saturated carbocycles. The summed E-state index contributed by atoms with van der Waals surface area (Å²) in [7, 11) is 0. The van der Waals surface area contributed by atoms with Crippen molar-refractivity contribution in [2.75, 3.05) is 6.54 Å². The molecule has 2 rings (SSSR count). The lowest BCUT2D eigenvalue weighted by molar-refractivity contribution is 0.504. The van der Waals surface area contributed by atoms with E-state index in [1.807, 2.05) is 12.4 Å². The van der Waals surface area contributed by atoms with Crippen LogP contribution in [0.25, 0.3) is 0 Å². The van der Waals surface area contributed by atoms with Gasteiger partial charge in [0.05, 0.1) is 0 Å². The summed E-state index contributed by atoms with van der Waals surface area (Å²) in [6, 6.07) is 11.2. The molecule has 0 radical (unpaired) electrons. The molecule has 1 N–H and O–H groups in total. The quantitative estimate of drug-likeness (QED) is 0.710. The van der Waals surface area contributed by atoms with Gasteiger partial charge in [-0.25, -0.2) is 0 Å². The van der Waals surface area contributed by atoms with Gasteiger partial charge >= 0.3 is 0 Å². The molecule has 0 aliphatic carbocycles. The normalized spacial score (nSPS) is 12.3.